The summed E-state index contributed by atoms with van der Waals surface area (Å²) in [6, 6.07) is 17.5. The lowest BCUT2D eigenvalue weighted by Gasteiger charge is -2.26. The Morgan fingerprint density at radius 3 is 2.35 bits per heavy atom. The number of aryl methyl sites for hydroxylation is 1. The molecule has 1 atom stereocenters. The maximum atomic E-state index is 6.47. The van der Waals surface area contributed by atoms with E-state index in [0.29, 0.717) is 0 Å². The van der Waals surface area contributed by atoms with Crippen LogP contribution in [0, 0.1) is 0 Å². The molecule has 1 aliphatic carbocycles. The third-order valence-corrected chi connectivity index (χ3v) is 4.64. The Morgan fingerprint density at radius 1 is 1.05 bits per heavy atom. The molecule has 0 amide bonds. The predicted molar refractivity (Wildman–Crippen MR) is 84.9 cm³/mol. The second-order valence-electron chi connectivity index (χ2n) is 5.82. The van der Waals surface area contributed by atoms with E-state index in [4.69, 9.17) is 5.73 Å². The molecule has 1 fully saturated rings. The molecule has 1 nitrogen and oxygen atoms in total. The maximum Gasteiger partial charge on any atom is 0.0554 e. The van der Waals surface area contributed by atoms with Crippen LogP contribution in [0.3, 0.4) is 0 Å². The molecule has 20 heavy (non-hydrogen) atoms. The van der Waals surface area contributed by atoms with Gasteiger partial charge in [0.25, 0.3) is 0 Å². The molecule has 2 aromatic carbocycles. The van der Waals surface area contributed by atoms with Crippen LogP contribution in [-0.4, -0.2) is 0 Å². The largest absolute Gasteiger partial charge is 0.320 e. The van der Waals surface area contributed by atoms with Gasteiger partial charge in [0.05, 0.1) is 6.04 Å². The number of hydrogen-bond donors (Lipinski definition) is 1. The summed E-state index contributed by atoms with van der Waals surface area (Å²) in [6.07, 6.45) is 5.12. The van der Waals surface area contributed by atoms with Crippen molar-refractivity contribution < 1.29 is 0 Å². The molecular weight excluding hydrogens is 242 g/mol. The van der Waals surface area contributed by atoms with Gasteiger partial charge in [-0.1, -0.05) is 61.9 Å². The van der Waals surface area contributed by atoms with Crippen molar-refractivity contribution in [2.75, 3.05) is 0 Å². The summed E-state index contributed by atoms with van der Waals surface area (Å²) in [4.78, 5) is 0. The lowest BCUT2D eigenvalue weighted by molar-refractivity contribution is 0.419. The summed E-state index contributed by atoms with van der Waals surface area (Å²) in [5, 5.41) is 0. The van der Waals surface area contributed by atoms with Crippen molar-refractivity contribution in [3.63, 3.8) is 0 Å². The Morgan fingerprint density at radius 2 is 1.75 bits per heavy atom. The van der Waals surface area contributed by atoms with E-state index >= 15 is 0 Å². The molecular formula is C19H23N. The third-order valence-electron chi connectivity index (χ3n) is 4.64. The molecule has 0 saturated heterocycles. The van der Waals surface area contributed by atoms with E-state index in [-0.39, 0.29) is 6.04 Å². The van der Waals surface area contributed by atoms with Crippen molar-refractivity contribution in [3.8, 4) is 0 Å². The van der Waals surface area contributed by atoms with Crippen LogP contribution in [0.25, 0.3) is 0 Å². The van der Waals surface area contributed by atoms with Crippen LogP contribution in [0.15, 0.2) is 48.5 Å². The minimum Gasteiger partial charge on any atom is -0.320 e. The van der Waals surface area contributed by atoms with Crippen LogP contribution < -0.4 is 5.73 Å². The highest BCUT2D eigenvalue weighted by molar-refractivity contribution is 5.38. The van der Waals surface area contributed by atoms with Crippen molar-refractivity contribution in [1.82, 2.24) is 0 Å². The van der Waals surface area contributed by atoms with Crippen LogP contribution in [0.4, 0.5) is 0 Å². The second-order valence-corrected chi connectivity index (χ2v) is 5.82. The first kappa shape index (κ1) is 13.4. The number of benzene rings is 2. The molecule has 0 spiro atoms. The molecule has 1 aliphatic rings. The standard InChI is InChI=1S/C19H23N/c1-2-14-6-3-4-9-18(14)19(20)17-12-10-16(11-13-17)15-7-5-8-15/h3-4,6,9-13,15,19H,2,5,7-8,20H2,1H3. The van der Waals surface area contributed by atoms with Gasteiger partial charge in [-0.15, -0.1) is 0 Å². The van der Waals surface area contributed by atoms with Gasteiger partial charge in [0, 0.05) is 0 Å². The summed E-state index contributed by atoms with van der Waals surface area (Å²) < 4.78 is 0. The molecule has 2 aromatic rings. The van der Waals surface area contributed by atoms with Gasteiger partial charge in [-0.2, -0.15) is 0 Å². The van der Waals surface area contributed by atoms with Gasteiger partial charge in [0.1, 0.15) is 0 Å². The lowest BCUT2D eigenvalue weighted by Crippen LogP contribution is -2.14. The van der Waals surface area contributed by atoms with Gasteiger partial charge in [-0.3, -0.25) is 0 Å². The Balaban J connectivity index is 1.84. The predicted octanol–water partition coefficient (Wildman–Crippen LogP) is 4.56. The molecule has 0 aliphatic heterocycles. The third kappa shape index (κ3) is 2.51. The zero-order valence-corrected chi connectivity index (χ0v) is 12.2. The first-order valence-corrected chi connectivity index (χ1v) is 7.73. The van der Waals surface area contributed by atoms with Crippen molar-refractivity contribution in [2.45, 2.75) is 44.6 Å². The van der Waals surface area contributed by atoms with Crippen molar-refractivity contribution >= 4 is 0 Å². The van der Waals surface area contributed by atoms with Gasteiger partial charge >= 0.3 is 0 Å². The monoisotopic (exact) mass is 265 g/mol. The average molecular weight is 265 g/mol. The minimum absolute atomic E-state index is 0.0124. The number of hydrogen-bond acceptors (Lipinski definition) is 1. The Bertz CT molecular complexity index is 567. The maximum absolute atomic E-state index is 6.47. The van der Waals surface area contributed by atoms with E-state index in [9.17, 15) is 0 Å². The van der Waals surface area contributed by atoms with Crippen LogP contribution >= 0.6 is 0 Å². The van der Waals surface area contributed by atoms with E-state index in [1.807, 2.05) is 0 Å². The van der Waals surface area contributed by atoms with Crippen LogP contribution in [0.2, 0.25) is 0 Å². The van der Waals surface area contributed by atoms with Gasteiger partial charge in [-0.25, -0.2) is 0 Å². The van der Waals surface area contributed by atoms with Crippen LogP contribution in [0.5, 0.6) is 0 Å². The summed E-state index contributed by atoms with van der Waals surface area (Å²) in [5.41, 5.74) is 11.8. The highest BCUT2D eigenvalue weighted by Gasteiger charge is 2.19. The molecule has 1 heteroatoms. The highest BCUT2D eigenvalue weighted by atomic mass is 14.6. The molecule has 0 heterocycles. The topological polar surface area (TPSA) is 26.0 Å². The lowest BCUT2D eigenvalue weighted by atomic mass is 9.79. The molecule has 104 valence electrons. The summed E-state index contributed by atoms with van der Waals surface area (Å²) in [5.74, 6) is 0.795. The molecule has 2 N–H and O–H groups in total. The Kier molecular flexibility index (Phi) is 3.88. The molecule has 0 aromatic heterocycles. The van der Waals surface area contributed by atoms with Gasteiger partial charge in [0.2, 0.25) is 0 Å². The molecule has 0 bridgehead atoms. The van der Waals surface area contributed by atoms with Crippen molar-refractivity contribution in [1.29, 1.82) is 0 Å². The van der Waals surface area contributed by atoms with Crippen molar-refractivity contribution in [3.05, 3.63) is 70.8 Å². The van der Waals surface area contributed by atoms with E-state index < -0.39 is 0 Å². The second kappa shape index (κ2) is 5.80. The van der Waals surface area contributed by atoms with Gasteiger partial charge in [-0.05, 0) is 47.4 Å². The number of rotatable bonds is 4. The molecule has 0 radical (unpaired) electrons. The summed E-state index contributed by atoms with van der Waals surface area (Å²) in [6.45, 7) is 2.19. The first-order chi connectivity index (χ1) is 9.79. The highest BCUT2D eigenvalue weighted by Crippen LogP contribution is 2.36. The SMILES string of the molecule is CCc1ccccc1C(N)c1ccc(C2CCC2)cc1. The van der Waals surface area contributed by atoms with E-state index in [1.165, 1.54) is 41.5 Å². The Labute approximate surface area is 121 Å². The minimum atomic E-state index is -0.0124. The molecule has 1 saturated carbocycles. The van der Waals surface area contributed by atoms with E-state index in [2.05, 4.69) is 55.5 Å². The first-order valence-electron chi connectivity index (χ1n) is 7.73. The van der Waals surface area contributed by atoms with E-state index in [1.54, 1.807) is 0 Å². The number of nitrogens with two attached hydrogens (primary N) is 1. The smallest absolute Gasteiger partial charge is 0.0554 e. The summed E-state index contributed by atoms with van der Waals surface area (Å²) in [7, 11) is 0. The molecule has 3 rings (SSSR count). The zero-order valence-electron chi connectivity index (χ0n) is 12.2. The van der Waals surface area contributed by atoms with Crippen LogP contribution in [-0.2, 0) is 6.42 Å². The summed E-state index contributed by atoms with van der Waals surface area (Å²) >= 11 is 0. The average Bonchev–Trinajstić information content (AvgIpc) is 2.45. The van der Waals surface area contributed by atoms with Crippen LogP contribution in [0.1, 0.15) is 60.4 Å². The van der Waals surface area contributed by atoms with Crippen molar-refractivity contribution in [2.24, 2.45) is 5.73 Å². The fourth-order valence-corrected chi connectivity index (χ4v) is 3.06. The fraction of sp³-hybridized carbons (Fsp3) is 0.368. The normalized spacial score (nSPS) is 16.7. The fourth-order valence-electron chi connectivity index (χ4n) is 3.06. The molecule has 1 unspecified atom stereocenters. The zero-order chi connectivity index (χ0) is 13.9. The van der Waals surface area contributed by atoms with Gasteiger partial charge in [0.15, 0.2) is 0 Å². The van der Waals surface area contributed by atoms with Gasteiger partial charge < -0.3 is 5.73 Å². The quantitative estimate of drug-likeness (QED) is 0.861. The van der Waals surface area contributed by atoms with E-state index in [0.717, 1.165) is 12.3 Å². The Hall–Kier alpha value is -1.60.